The lowest BCUT2D eigenvalue weighted by Gasteiger charge is -2.09. The molecule has 1 N–H and O–H groups in total. The number of hydrogen-bond donors (Lipinski definition) is 1. The second kappa shape index (κ2) is 3.96. The Kier molecular flexibility index (Phi) is 2.46. The van der Waals surface area contributed by atoms with E-state index in [0.717, 1.165) is 30.2 Å². The minimum absolute atomic E-state index is 0.957. The monoisotopic (exact) mass is 231 g/mol. The molecule has 0 amide bonds. The molecular weight excluding hydrogens is 218 g/mol. The van der Waals surface area contributed by atoms with E-state index in [1.807, 2.05) is 12.3 Å². The Bertz CT molecular complexity index is 495. The molecule has 3 nitrogen and oxygen atoms in total. The zero-order valence-electron chi connectivity index (χ0n) is 9.16. The van der Waals surface area contributed by atoms with Crippen molar-refractivity contribution in [3.05, 3.63) is 34.5 Å². The molecule has 0 bridgehead atoms. The molecule has 0 saturated carbocycles. The van der Waals surface area contributed by atoms with Crippen molar-refractivity contribution in [3.8, 4) is 10.7 Å². The fourth-order valence-electron chi connectivity index (χ4n) is 1.94. The van der Waals surface area contributed by atoms with Gasteiger partial charge in [0.25, 0.3) is 0 Å². The zero-order chi connectivity index (χ0) is 11.0. The predicted octanol–water partition coefficient (Wildman–Crippen LogP) is 2.16. The molecule has 0 unspecified atom stereocenters. The van der Waals surface area contributed by atoms with Crippen molar-refractivity contribution in [2.75, 3.05) is 6.54 Å². The third kappa shape index (κ3) is 1.64. The fourth-order valence-corrected chi connectivity index (χ4v) is 3.08. The van der Waals surface area contributed by atoms with Crippen LogP contribution in [0.25, 0.3) is 10.7 Å². The van der Waals surface area contributed by atoms with Crippen molar-refractivity contribution in [2.45, 2.75) is 19.9 Å². The van der Waals surface area contributed by atoms with Crippen molar-refractivity contribution >= 4 is 11.3 Å². The summed E-state index contributed by atoms with van der Waals surface area (Å²) in [6.07, 6.45) is 2.87. The molecular formula is C12H13N3S. The maximum atomic E-state index is 4.70. The molecule has 1 aliphatic rings. The highest BCUT2D eigenvalue weighted by Gasteiger charge is 2.16. The molecule has 82 valence electrons. The average molecular weight is 231 g/mol. The quantitative estimate of drug-likeness (QED) is 0.817. The van der Waals surface area contributed by atoms with Crippen molar-refractivity contribution < 1.29 is 0 Å². The fraction of sp³-hybridized carbons (Fsp3) is 0.333. The summed E-state index contributed by atoms with van der Waals surface area (Å²) in [7, 11) is 0. The van der Waals surface area contributed by atoms with Crippen molar-refractivity contribution in [2.24, 2.45) is 0 Å². The smallest absolute Gasteiger partial charge is 0.142 e. The van der Waals surface area contributed by atoms with Gasteiger partial charge in [0, 0.05) is 30.6 Å². The summed E-state index contributed by atoms with van der Waals surface area (Å²) < 4.78 is 0. The second-order valence-corrected chi connectivity index (χ2v) is 5.07. The number of thiazole rings is 1. The first kappa shape index (κ1) is 9.93. The van der Waals surface area contributed by atoms with E-state index >= 15 is 0 Å². The van der Waals surface area contributed by atoms with Gasteiger partial charge in [-0.2, -0.15) is 0 Å². The first-order valence-electron chi connectivity index (χ1n) is 5.46. The first-order valence-corrected chi connectivity index (χ1v) is 6.27. The van der Waals surface area contributed by atoms with Crippen LogP contribution >= 0.6 is 11.3 Å². The van der Waals surface area contributed by atoms with E-state index in [4.69, 9.17) is 4.98 Å². The molecule has 0 spiro atoms. The third-order valence-corrected chi connectivity index (χ3v) is 3.92. The molecule has 2 aromatic rings. The molecule has 0 radical (unpaired) electrons. The summed E-state index contributed by atoms with van der Waals surface area (Å²) in [5.74, 6) is 0. The summed E-state index contributed by atoms with van der Waals surface area (Å²) in [5.41, 5.74) is 3.48. The molecule has 16 heavy (non-hydrogen) atoms. The Morgan fingerprint density at radius 1 is 1.44 bits per heavy atom. The number of fused-ring (bicyclic) bond motifs is 1. The maximum Gasteiger partial charge on any atom is 0.142 e. The van der Waals surface area contributed by atoms with Gasteiger partial charge in [0.1, 0.15) is 10.7 Å². The Morgan fingerprint density at radius 3 is 3.19 bits per heavy atom. The largest absolute Gasteiger partial charge is 0.311 e. The van der Waals surface area contributed by atoms with E-state index in [1.54, 1.807) is 11.3 Å². The van der Waals surface area contributed by atoms with Crippen molar-refractivity contribution in [1.82, 2.24) is 15.3 Å². The van der Waals surface area contributed by atoms with E-state index in [9.17, 15) is 0 Å². The van der Waals surface area contributed by atoms with E-state index in [0.29, 0.717) is 0 Å². The van der Waals surface area contributed by atoms with Crippen LogP contribution in [0.4, 0.5) is 0 Å². The van der Waals surface area contributed by atoms with Crippen LogP contribution in [-0.2, 0) is 13.0 Å². The number of pyridine rings is 1. The van der Waals surface area contributed by atoms with Crippen LogP contribution < -0.4 is 5.32 Å². The lowest BCUT2D eigenvalue weighted by molar-refractivity contribution is 0.644. The van der Waals surface area contributed by atoms with E-state index in [-0.39, 0.29) is 0 Å². The number of hydrogen-bond acceptors (Lipinski definition) is 4. The Morgan fingerprint density at radius 2 is 2.38 bits per heavy atom. The molecule has 4 heteroatoms. The predicted molar refractivity (Wildman–Crippen MR) is 65.5 cm³/mol. The van der Waals surface area contributed by atoms with Crippen molar-refractivity contribution in [1.29, 1.82) is 0 Å². The summed E-state index contributed by atoms with van der Waals surface area (Å²) >= 11 is 1.77. The highest BCUT2D eigenvalue weighted by atomic mass is 32.1. The number of rotatable bonds is 1. The van der Waals surface area contributed by atoms with Gasteiger partial charge in [-0.25, -0.2) is 4.98 Å². The number of nitrogens with one attached hydrogen (secondary N) is 1. The van der Waals surface area contributed by atoms with Gasteiger partial charge in [-0.15, -0.1) is 11.3 Å². The second-order valence-electron chi connectivity index (χ2n) is 3.98. The first-order chi connectivity index (χ1) is 7.84. The molecule has 0 atom stereocenters. The van der Waals surface area contributed by atoms with Crippen molar-refractivity contribution in [3.63, 3.8) is 0 Å². The van der Waals surface area contributed by atoms with Gasteiger partial charge in [-0.1, -0.05) is 6.07 Å². The van der Waals surface area contributed by atoms with Gasteiger partial charge in [0.15, 0.2) is 0 Å². The van der Waals surface area contributed by atoms with Crippen LogP contribution in [-0.4, -0.2) is 16.5 Å². The Labute approximate surface area is 98.6 Å². The van der Waals surface area contributed by atoms with Crippen LogP contribution in [0.2, 0.25) is 0 Å². The third-order valence-electron chi connectivity index (χ3n) is 2.81. The minimum Gasteiger partial charge on any atom is -0.311 e. The average Bonchev–Trinajstić information content (AvgIpc) is 2.73. The summed E-state index contributed by atoms with van der Waals surface area (Å²) in [6.45, 7) is 4.08. The van der Waals surface area contributed by atoms with Crippen LogP contribution in [0.1, 0.15) is 16.1 Å². The topological polar surface area (TPSA) is 37.8 Å². The summed E-state index contributed by atoms with van der Waals surface area (Å²) in [4.78, 5) is 10.5. The van der Waals surface area contributed by atoms with Crippen LogP contribution in [0.5, 0.6) is 0 Å². The number of aryl methyl sites for hydroxylation is 1. The van der Waals surface area contributed by atoms with Crippen LogP contribution in [0, 0.1) is 6.92 Å². The number of aromatic nitrogens is 2. The van der Waals surface area contributed by atoms with Gasteiger partial charge in [-0.3, -0.25) is 4.98 Å². The number of nitrogens with zero attached hydrogens (tertiary/aromatic N) is 2. The van der Waals surface area contributed by atoms with Gasteiger partial charge < -0.3 is 5.32 Å². The highest BCUT2D eigenvalue weighted by Crippen LogP contribution is 2.29. The zero-order valence-corrected chi connectivity index (χ0v) is 9.97. The van der Waals surface area contributed by atoms with E-state index < -0.39 is 0 Å². The molecule has 1 aliphatic heterocycles. The van der Waals surface area contributed by atoms with Gasteiger partial charge >= 0.3 is 0 Å². The highest BCUT2D eigenvalue weighted by molar-refractivity contribution is 7.15. The summed E-state index contributed by atoms with van der Waals surface area (Å²) in [6, 6.07) is 4.05. The van der Waals surface area contributed by atoms with Crippen LogP contribution in [0.15, 0.2) is 18.3 Å². The lowest BCUT2D eigenvalue weighted by Crippen LogP contribution is -2.22. The van der Waals surface area contributed by atoms with E-state index in [1.165, 1.54) is 16.1 Å². The summed E-state index contributed by atoms with van der Waals surface area (Å²) in [5, 5.41) is 4.43. The van der Waals surface area contributed by atoms with E-state index in [2.05, 4.69) is 23.3 Å². The molecule has 0 aliphatic carbocycles. The lowest BCUT2D eigenvalue weighted by atomic mass is 10.2. The Hall–Kier alpha value is -1.26. The molecule has 2 aromatic heterocycles. The SMILES string of the molecule is Cc1cccnc1-c1nc2c(s1)CNCC2. The standard InChI is InChI=1S/C12H13N3S/c1-8-3-2-5-14-11(8)12-15-9-4-6-13-7-10(9)16-12/h2-3,5,13H,4,6-7H2,1H3. The van der Waals surface area contributed by atoms with Gasteiger partial charge in [0.05, 0.1) is 5.69 Å². The molecule has 0 saturated heterocycles. The van der Waals surface area contributed by atoms with Gasteiger partial charge in [-0.05, 0) is 18.6 Å². The molecule has 0 fully saturated rings. The van der Waals surface area contributed by atoms with Gasteiger partial charge in [0.2, 0.25) is 0 Å². The molecule has 3 rings (SSSR count). The molecule has 3 heterocycles. The maximum absolute atomic E-state index is 4.70. The molecule has 0 aromatic carbocycles. The minimum atomic E-state index is 0.957. The Balaban J connectivity index is 2.07. The van der Waals surface area contributed by atoms with Crippen LogP contribution in [0.3, 0.4) is 0 Å². The normalized spacial score (nSPS) is 14.8.